The van der Waals surface area contributed by atoms with E-state index in [2.05, 4.69) is 33.5 Å². The minimum atomic E-state index is 0.818. The molecule has 0 radical (unpaired) electrons. The molecule has 0 unspecified atom stereocenters. The summed E-state index contributed by atoms with van der Waals surface area (Å²) in [6.07, 6.45) is 7.96. The summed E-state index contributed by atoms with van der Waals surface area (Å²) in [5.74, 6) is 0. The maximum atomic E-state index is 5.74. The Labute approximate surface area is 114 Å². The highest BCUT2D eigenvalue weighted by molar-refractivity contribution is 5.53. The van der Waals surface area contributed by atoms with Crippen LogP contribution in [0.25, 0.3) is 0 Å². The van der Waals surface area contributed by atoms with Gasteiger partial charge in [-0.05, 0) is 37.1 Å². The third-order valence-corrected chi connectivity index (χ3v) is 3.16. The summed E-state index contributed by atoms with van der Waals surface area (Å²) >= 11 is 0. The zero-order valence-electron chi connectivity index (χ0n) is 11.5. The molecule has 0 aliphatic heterocycles. The Bertz CT molecular complexity index is 461. The van der Waals surface area contributed by atoms with Gasteiger partial charge < -0.3 is 15.2 Å². The van der Waals surface area contributed by atoms with Crippen molar-refractivity contribution in [1.29, 1.82) is 0 Å². The molecule has 1 aromatic carbocycles. The lowest BCUT2D eigenvalue weighted by molar-refractivity contribution is 0.618. The summed E-state index contributed by atoms with van der Waals surface area (Å²) in [6.45, 7) is 5.35. The zero-order chi connectivity index (χ0) is 13.5. The average molecular weight is 258 g/mol. The quantitative estimate of drug-likeness (QED) is 0.777. The van der Waals surface area contributed by atoms with Gasteiger partial charge in [0, 0.05) is 43.4 Å². The number of aryl methyl sites for hydroxylation is 1. The summed E-state index contributed by atoms with van der Waals surface area (Å²) in [5, 5.41) is 0. The van der Waals surface area contributed by atoms with Gasteiger partial charge in [0.2, 0.25) is 0 Å². The van der Waals surface area contributed by atoms with Gasteiger partial charge in [-0.25, -0.2) is 4.98 Å². The van der Waals surface area contributed by atoms with E-state index in [0.29, 0.717) is 0 Å². The molecule has 0 saturated heterocycles. The van der Waals surface area contributed by atoms with Crippen molar-refractivity contribution in [2.24, 2.45) is 0 Å². The van der Waals surface area contributed by atoms with E-state index in [4.69, 9.17) is 5.73 Å². The van der Waals surface area contributed by atoms with Crippen molar-refractivity contribution in [1.82, 2.24) is 9.55 Å². The normalized spacial score (nSPS) is 10.6. The van der Waals surface area contributed by atoms with Gasteiger partial charge in [-0.3, -0.25) is 0 Å². The molecule has 4 nitrogen and oxygen atoms in total. The highest BCUT2D eigenvalue weighted by Gasteiger charge is 2.05. The molecular weight excluding hydrogens is 236 g/mol. The summed E-state index contributed by atoms with van der Waals surface area (Å²) in [4.78, 5) is 6.47. The Balaban J connectivity index is 1.90. The minimum absolute atomic E-state index is 0.818. The predicted octanol–water partition coefficient (Wildman–Crippen LogP) is 2.77. The van der Waals surface area contributed by atoms with Crippen molar-refractivity contribution >= 4 is 11.4 Å². The number of aromatic nitrogens is 2. The van der Waals surface area contributed by atoms with E-state index in [-0.39, 0.29) is 0 Å². The fourth-order valence-electron chi connectivity index (χ4n) is 2.19. The second-order valence-electron chi connectivity index (χ2n) is 4.73. The lowest BCUT2D eigenvalue weighted by Gasteiger charge is -2.24. The highest BCUT2D eigenvalue weighted by Crippen LogP contribution is 2.17. The van der Waals surface area contributed by atoms with Crippen LogP contribution < -0.4 is 10.6 Å². The van der Waals surface area contributed by atoms with Gasteiger partial charge in [0.15, 0.2) is 0 Å². The first-order valence-electron chi connectivity index (χ1n) is 6.86. The van der Waals surface area contributed by atoms with Crippen LogP contribution in [0.3, 0.4) is 0 Å². The molecule has 1 heterocycles. The van der Waals surface area contributed by atoms with Gasteiger partial charge in [-0.1, -0.05) is 6.92 Å². The number of anilines is 2. The van der Waals surface area contributed by atoms with Crippen molar-refractivity contribution in [3.8, 4) is 0 Å². The Kier molecular flexibility index (Phi) is 4.84. The van der Waals surface area contributed by atoms with E-state index < -0.39 is 0 Å². The lowest BCUT2D eigenvalue weighted by Crippen LogP contribution is -2.26. The van der Waals surface area contributed by atoms with Gasteiger partial charge >= 0.3 is 0 Å². The topological polar surface area (TPSA) is 47.1 Å². The van der Waals surface area contributed by atoms with E-state index in [0.717, 1.165) is 38.2 Å². The number of rotatable bonds is 7. The summed E-state index contributed by atoms with van der Waals surface area (Å²) in [5.41, 5.74) is 7.81. The molecule has 0 amide bonds. The number of hydrogen-bond donors (Lipinski definition) is 1. The van der Waals surface area contributed by atoms with Crippen LogP contribution in [0.15, 0.2) is 43.0 Å². The summed E-state index contributed by atoms with van der Waals surface area (Å²) in [7, 11) is 0. The molecule has 102 valence electrons. The average Bonchev–Trinajstić information content (AvgIpc) is 2.92. The molecule has 2 N–H and O–H groups in total. The first-order chi connectivity index (χ1) is 9.29. The molecule has 0 saturated carbocycles. The largest absolute Gasteiger partial charge is 0.399 e. The third kappa shape index (κ3) is 4.02. The first kappa shape index (κ1) is 13.5. The maximum absolute atomic E-state index is 5.74. The number of benzene rings is 1. The van der Waals surface area contributed by atoms with Crippen molar-refractivity contribution in [2.75, 3.05) is 23.7 Å². The minimum Gasteiger partial charge on any atom is -0.399 e. The second kappa shape index (κ2) is 6.83. The molecule has 1 aromatic heterocycles. The molecule has 2 rings (SSSR count). The number of nitrogen functional groups attached to an aromatic ring is 1. The smallest absolute Gasteiger partial charge is 0.0945 e. The Morgan fingerprint density at radius 2 is 2.00 bits per heavy atom. The first-order valence-corrected chi connectivity index (χ1v) is 6.86. The fraction of sp³-hybridized carbons (Fsp3) is 0.400. The van der Waals surface area contributed by atoms with Gasteiger partial charge in [-0.15, -0.1) is 0 Å². The van der Waals surface area contributed by atoms with E-state index in [1.54, 1.807) is 0 Å². The molecular formula is C15H22N4. The zero-order valence-corrected chi connectivity index (χ0v) is 11.5. The van der Waals surface area contributed by atoms with Crippen LogP contribution in [0.2, 0.25) is 0 Å². The van der Waals surface area contributed by atoms with Crippen LogP contribution in [-0.4, -0.2) is 22.6 Å². The maximum Gasteiger partial charge on any atom is 0.0945 e. The standard InChI is InChI=1S/C15H22N4/c1-2-9-19(15-6-4-14(16)5-7-15)11-3-10-18-12-8-17-13-18/h4-8,12-13H,2-3,9-11,16H2,1H3. The Morgan fingerprint density at radius 3 is 2.63 bits per heavy atom. The van der Waals surface area contributed by atoms with Gasteiger partial charge in [-0.2, -0.15) is 0 Å². The van der Waals surface area contributed by atoms with E-state index in [1.807, 2.05) is 30.9 Å². The van der Waals surface area contributed by atoms with Crippen molar-refractivity contribution in [3.63, 3.8) is 0 Å². The fourth-order valence-corrected chi connectivity index (χ4v) is 2.19. The van der Waals surface area contributed by atoms with Gasteiger partial charge in [0.25, 0.3) is 0 Å². The van der Waals surface area contributed by atoms with Crippen LogP contribution in [-0.2, 0) is 6.54 Å². The SMILES string of the molecule is CCCN(CCCn1ccnc1)c1ccc(N)cc1. The predicted molar refractivity (Wildman–Crippen MR) is 80.2 cm³/mol. The van der Waals surface area contributed by atoms with Gasteiger partial charge in [0.05, 0.1) is 6.33 Å². The van der Waals surface area contributed by atoms with Crippen molar-refractivity contribution < 1.29 is 0 Å². The van der Waals surface area contributed by atoms with Gasteiger partial charge in [0.1, 0.15) is 0 Å². The van der Waals surface area contributed by atoms with Crippen molar-refractivity contribution in [3.05, 3.63) is 43.0 Å². The molecule has 4 heteroatoms. The van der Waals surface area contributed by atoms with Crippen LogP contribution in [0.4, 0.5) is 11.4 Å². The Morgan fingerprint density at radius 1 is 1.21 bits per heavy atom. The van der Waals surface area contributed by atoms with Crippen molar-refractivity contribution in [2.45, 2.75) is 26.3 Å². The molecule has 0 atom stereocenters. The Hall–Kier alpha value is -1.97. The lowest BCUT2D eigenvalue weighted by atomic mass is 10.2. The molecule has 19 heavy (non-hydrogen) atoms. The summed E-state index contributed by atoms with van der Waals surface area (Å²) < 4.78 is 2.12. The third-order valence-electron chi connectivity index (χ3n) is 3.16. The van der Waals surface area contributed by atoms with Crippen LogP contribution >= 0.6 is 0 Å². The molecule has 0 aliphatic carbocycles. The molecule has 0 bridgehead atoms. The second-order valence-corrected chi connectivity index (χ2v) is 4.73. The molecule has 0 spiro atoms. The monoisotopic (exact) mass is 258 g/mol. The van der Waals surface area contributed by atoms with E-state index >= 15 is 0 Å². The molecule has 0 aliphatic rings. The summed E-state index contributed by atoms with van der Waals surface area (Å²) in [6, 6.07) is 8.13. The molecule has 0 fully saturated rings. The van der Waals surface area contributed by atoms with Crippen LogP contribution in [0.1, 0.15) is 19.8 Å². The number of imidazole rings is 1. The molecule has 2 aromatic rings. The van der Waals surface area contributed by atoms with Crippen LogP contribution in [0.5, 0.6) is 0 Å². The number of hydrogen-bond acceptors (Lipinski definition) is 3. The number of nitrogens with zero attached hydrogens (tertiary/aromatic N) is 3. The highest BCUT2D eigenvalue weighted by atomic mass is 15.1. The van der Waals surface area contributed by atoms with E-state index in [9.17, 15) is 0 Å². The number of nitrogens with two attached hydrogens (primary N) is 1. The van der Waals surface area contributed by atoms with E-state index in [1.165, 1.54) is 5.69 Å². The van der Waals surface area contributed by atoms with Crippen LogP contribution in [0, 0.1) is 0 Å².